The highest BCUT2D eigenvalue weighted by Crippen LogP contribution is 2.45. The lowest BCUT2D eigenvalue weighted by Crippen LogP contribution is -2.04. The Balaban J connectivity index is 2.52. The maximum Gasteiger partial charge on any atom is 0.238 e. The largest absolute Gasteiger partial charge is 0.504 e. The van der Waals surface area contributed by atoms with Crippen LogP contribution < -0.4 is 5.43 Å². The Morgan fingerprint density at radius 2 is 1.52 bits per heavy atom. The minimum absolute atomic E-state index is 0.0619. The Morgan fingerprint density at radius 1 is 0.870 bits per heavy atom. The normalized spacial score (nSPS) is 11.0. The molecule has 6 heteroatoms. The quantitative estimate of drug-likeness (QED) is 0.514. The average molecular weight is 314 g/mol. The van der Waals surface area contributed by atoms with Crippen molar-refractivity contribution in [2.24, 2.45) is 0 Å². The maximum atomic E-state index is 12.4. The first-order chi connectivity index (χ1) is 10.8. The molecule has 0 spiro atoms. The predicted molar refractivity (Wildman–Crippen MR) is 84.1 cm³/mol. The fourth-order valence-corrected chi connectivity index (χ4v) is 2.53. The molecule has 1 aromatic heterocycles. The van der Waals surface area contributed by atoms with E-state index in [-0.39, 0.29) is 22.3 Å². The van der Waals surface area contributed by atoms with Crippen molar-refractivity contribution >= 4 is 11.0 Å². The van der Waals surface area contributed by atoms with E-state index < -0.39 is 28.4 Å². The topological polar surface area (TPSA) is 111 Å². The van der Waals surface area contributed by atoms with E-state index >= 15 is 0 Å². The summed E-state index contributed by atoms with van der Waals surface area (Å²) in [6.07, 6.45) is 0. The van der Waals surface area contributed by atoms with Crippen LogP contribution in [0.15, 0.2) is 33.5 Å². The Morgan fingerprint density at radius 3 is 2.17 bits per heavy atom. The molecule has 3 rings (SSSR count). The van der Waals surface area contributed by atoms with E-state index in [0.29, 0.717) is 5.56 Å². The molecule has 0 atom stereocenters. The molecule has 0 bridgehead atoms. The van der Waals surface area contributed by atoms with Gasteiger partial charge in [0.05, 0.1) is 0 Å². The van der Waals surface area contributed by atoms with Gasteiger partial charge in [-0.05, 0) is 19.4 Å². The summed E-state index contributed by atoms with van der Waals surface area (Å²) in [4.78, 5) is 12.4. The first-order valence-corrected chi connectivity index (χ1v) is 6.83. The van der Waals surface area contributed by atoms with Gasteiger partial charge in [0.25, 0.3) is 0 Å². The molecule has 23 heavy (non-hydrogen) atoms. The Hall–Kier alpha value is -3.15. The zero-order valence-electron chi connectivity index (χ0n) is 12.4. The summed E-state index contributed by atoms with van der Waals surface area (Å²) in [6, 6.07) is 6.99. The highest BCUT2D eigenvalue weighted by Gasteiger charge is 2.24. The molecule has 2 aromatic carbocycles. The summed E-state index contributed by atoms with van der Waals surface area (Å²) in [5, 5.41) is 39.2. The SMILES string of the molecule is Cc1ccccc1-c1oc2c(C)c(O)c(O)c(O)c2c(=O)c1O. The third-order valence-corrected chi connectivity index (χ3v) is 3.86. The summed E-state index contributed by atoms with van der Waals surface area (Å²) >= 11 is 0. The molecule has 0 aliphatic carbocycles. The standard InChI is InChI=1S/C17H14O6/c1-7-5-3-4-6-9(7)17-15(22)13(20)10-12(19)14(21)11(18)8(2)16(10)23-17/h3-6,18-19,21-22H,1-2H3. The van der Waals surface area contributed by atoms with Crippen molar-refractivity contribution < 1.29 is 24.8 Å². The van der Waals surface area contributed by atoms with Gasteiger partial charge in [0.15, 0.2) is 17.3 Å². The highest BCUT2D eigenvalue weighted by molar-refractivity contribution is 5.93. The zero-order valence-corrected chi connectivity index (χ0v) is 12.4. The van der Waals surface area contributed by atoms with Gasteiger partial charge in [-0.25, -0.2) is 0 Å². The third-order valence-electron chi connectivity index (χ3n) is 3.86. The van der Waals surface area contributed by atoms with Gasteiger partial charge >= 0.3 is 0 Å². The van der Waals surface area contributed by atoms with E-state index in [9.17, 15) is 25.2 Å². The minimum atomic E-state index is -0.889. The minimum Gasteiger partial charge on any atom is -0.504 e. The molecule has 0 aliphatic rings. The number of phenols is 3. The van der Waals surface area contributed by atoms with Crippen LogP contribution in [0.4, 0.5) is 0 Å². The summed E-state index contributed by atoms with van der Waals surface area (Å²) in [5.74, 6) is -2.98. The van der Waals surface area contributed by atoms with E-state index in [0.717, 1.165) is 5.56 Å². The molecule has 0 unspecified atom stereocenters. The van der Waals surface area contributed by atoms with Crippen LogP contribution in [0.25, 0.3) is 22.3 Å². The molecule has 0 saturated carbocycles. The molecule has 0 amide bonds. The summed E-state index contributed by atoms with van der Waals surface area (Å²) < 4.78 is 5.61. The maximum absolute atomic E-state index is 12.4. The van der Waals surface area contributed by atoms with E-state index in [2.05, 4.69) is 0 Å². The smallest absolute Gasteiger partial charge is 0.238 e. The molecular weight excluding hydrogens is 300 g/mol. The van der Waals surface area contributed by atoms with E-state index in [4.69, 9.17) is 4.42 Å². The monoisotopic (exact) mass is 314 g/mol. The number of aromatic hydroxyl groups is 4. The second-order valence-corrected chi connectivity index (χ2v) is 5.30. The van der Waals surface area contributed by atoms with Gasteiger partial charge in [0.1, 0.15) is 11.0 Å². The summed E-state index contributed by atoms with van der Waals surface area (Å²) in [6.45, 7) is 3.22. The van der Waals surface area contributed by atoms with Gasteiger partial charge in [-0.3, -0.25) is 4.79 Å². The second-order valence-electron chi connectivity index (χ2n) is 5.30. The molecule has 0 saturated heterocycles. The molecule has 3 aromatic rings. The Labute approximate surface area is 130 Å². The van der Waals surface area contributed by atoms with Gasteiger partial charge in [-0.1, -0.05) is 24.3 Å². The zero-order chi connectivity index (χ0) is 16.9. The van der Waals surface area contributed by atoms with Crippen molar-refractivity contribution in [1.82, 2.24) is 0 Å². The van der Waals surface area contributed by atoms with Gasteiger partial charge in [0, 0.05) is 11.1 Å². The van der Waals surface area contributed by atoms with Crippen LogP contribution in [-0.2, 0) is 0 Å². The Kier molecular flexibility index (Phi) is 3.18. The number of phenolic OH excluding ortho intramolecular Hbond substituents is 3. The lowest BCUT2D eigenvalue weighted by atomic mass is 10.0. The number of rotatable bonds is 1. The van der Waals surface area contributed by atoms with Crippen LogP contribution >= 0.6 is 0 Å². The van der Waals surface area contributed by atoms with E-state index in [1.807, 2.05) is 0 Å². The molecule has 0 fully saturated rings. The fraction of sp³-hybridized carbons (Fsp3) is 0.118. The molecule has 0 aliphatic heterocycles. The second kappa shape index (κ2) is 4.95. The predicted octanol–water partition coefficient (Wildman–Crippen LogP) is 2.90. The molecule has 1 heterocycles. The van der Waals surface area contributed by atoms with Crippen molar-refractivity contribution in [2.75, 3.05) is 0 Å². The number of hydrogen-bond donors (Lipinski definition) is 4. The van der Waals surface area contributed by atoms with Crippen LogP contribution in [0.1, 0.15) is 11.1 Å². The van der Waals surface area contributed by atoms with Crippen LogP contribution in [0.2, 0.25) is 0 Å². The van der Waals surface area contributed by atoms with Gasteiger partial charge in [-0.15, -0.1) is 0 Å². The van der Waals surface area contributed by atoms with Crippen molar-refractivity contribution in [1.29, 1.82) is 0 Å². The number of hydrogen-bond acceptors (Lipinski definition) is 6. The number of benzene rings is 2. The lowest BCUT2D eigenvalue weighted by molar-refractivity contribution is 0.367. The first kappa shape index (κ1) is 14.8. The van der Waals surface area contributed by atoms with Crippen LogP contribution in [0.3, 0.4) is 0 Å². The number of fused-ring (bicyclic) bond motifs is 1. The fourth-order valence-electron chi connectivity index (χ4n) is 2.53. The van der Waals surface area contributed by atoms with Crippen LogP contribution in [0.5, 0.6) is 23.0 Å². The average Bonchev–Trinajstić information content (AvgIpc) is 2.54. The lowest BCUT2D eigenvalue weighted by Gasteiger charge is -2.12. The number of aryl methyl sites for hydroxylation is 2. The van der Waals surface area contributed by atoms with Crippen molar-refractivity contribution in [3.8, 4) is 34.3 Å². The van der Waals surface area contributed by atoms with Gasteiger partial charge in [-0.2, -0.15) is 0 Å². The molecular formula is C17H14O6. The van der Waals surface area contributed by atoms with Gasteiger partial charge in [0.2, 0.25) is 16.9 Å². The summed E-state index contributed by atoms with van der Waals surface area (Å²) in [7, 11) is 0. The van der Waals surface area contributed by atoms with Gasteiger partial charge < -0.3 is 24.8 Å². The van der Waals surface area contributed by atoms with Crippen LogP contribution in [-0.4, -0.2) is 20.4 Å². The van der Waals surface area contributed by atoms with E-state index in [1.54, 1.807) is 31.2 Å². The Bertz CT molecular complexity index is 1000. The third kappa shape index (κ3) is 1.99. The highest BCUT2D eigenvalue weighted by atomic mass is 16.4. The van der Waals surface area contributed by atoms with E-state index in [1.165, 1.54) is 6.92 Å². The van der Waals surface area contributed by atoms with Crippen molar-refractivity contribution in [3.05, 3.63) is 45.6 Å². The van der Waals surface area contributed by atoms with Crippen molar-refractivity contribution in [2.45, 2.75) is 13.8 Å². The molecule has 118 valence electrons. The molecule has 0 radical (unpaired) electrons. The molecule has 6 nitrogen and oxygen atoms in total. The van der Waals surface area contributed by atoms with Crippen molar-refractivity contribution in [3.63, 3.8) is 0 Å². The molecule has 4 N–H and O–H groups in total. The van der Waals surface area contributed by atoms with Crippen LogP contribution in [0, 0.1) is 13.8 Å². The summed E-state index contributed by atoms with van der Waals surface area (Å²) in [5.41, 5.74) is 0.382. The first-order valence-electron chi connectivity index (χ1n) is 6.83.